The van der Waals surface area contributed by atoms with E-state index >= 15 is 0 Å². The lowest BCUT2D eigenvalue weighted by Crippen LogP contribution is -2.63. The summed E-state index contributed by atoms with van der Waals surface area (Å²) in [6, 6.07) is 112. The molecule has 0 N–H and O–H groups in total. The molecule has 0 spiro atoms. The largest absolute Gasteiger partial charge is 0.494 e. The second-order valence-corrected chi connectivity index (χ2v) is 32.4. The molecule has 0 bridgehead atoms. The van der Waals surface area contributed by atoms with Crippen LogP contribution in [0.3, 0.4) is 0 Å². The lowest BCUT2D eigenvalue weighted by molar-refractivity contribution is -0.382. The van der Waals surface area contributed by atoms with E-state index in [9.17, 15) is 47.9 Å². The van der Waals surface area contributed by atoms with Crippen LogP contribution < -0.4 is 9.65 Å². The van der Waals surface area contributed by atoms with E-state index in [1.165, 1.54) is 51.7 Å². The van der Waals surface area contributed by atoms with E-state index in [-0.39, 0.29) is 29.1 Å². The van der Waals surface area contributed by atoms with Gasteiger partial charge in [-0.1, -0.05) is 328 Å². The number of para-hydroxylation sites is 2. The molecule has 1 saturated heterocycles. The van der Waals surface area contributed by atoms with E-state index < -0.39 is 39.1 Å². The number of fused-ring (bicyclic) bond motifs is 4. The van der Waals surface area contributed by atoms with Crippen LogP contribution in [0.4, 0.5) is 39.5 Å². The lowest BCUT2D eigenvalue weighted by atomic mass is 9.78. The standard InChI is InChI=1S/C46H30N4.C35H20F9N3O3S.C21H22BNO2/c1-3-11-35(12-4-1)44-48-45(36-13-5-2-6-14-36)50-46(49-44)37-26-24-32(25-27-37)39-29-28-38(41-17-7-8-18-42(39)41)31-20-22-33(23-21-31)40-19-9-15-34-16-10-30-47-43(34)40;36-32(37,34(40,41)42)33(38,39)35(43,44)51(48,49)50-28-20-19-25(26-13-7-8-14-27(26)28)21-15-17-24(18-16-21)31-46-29(22-9-3-1-4-10-22)45-30(47-31)23-11-5-2-6-12-23;1-20(2)21(3,4)25-22(24-20)17-12-10-15(11-13-17)18-9-5-7-16-8-6-14-23-19(16)18/h1-30H;1-20H;5-14H,1-4H3. The molecule has 1 aliphatic rings. The Morgan fingerprint density at radius 1 is 0.286 bits per heavy atom. The molecule has 0 unspecified atom stereocenters. The highest BCUT2D eigenvalue weighted by Crippen LogP contribution is 2.56. The number of hydrogen-bond acceptors (Lipinski definition) is 13. The SMILES string of the molecule is CC1(C)OB(c2ccc(-c3cccc4cccnc34)cc2)OC1(C)C.O=S(=O)(Oc1ccc(-c2ccc(-c3nc(-c4ccccc4)nc(-c4ccccc4)n3)cc2)c2ccccc12)C(F)(F)C(F)(F)C(F)(F)C(F)(F)F.c1ccc(-c2nc(-c3ccccc3)nc(-c3ccc(-c4ccc(-c5ccc(-c6cccc7cccnc67)cc5)c5ccccc45)cc3)n2)cc1. The summed E-state index contributed by atoms with van der Waals surface area (Å²) in [5.74, 6) is -12.8. The van der Waals surface area contributed by atoms with E-state index in [1.54, 1.807) is 24.3 Å². The summed E-state index contributed by atoms with van der Waals surface area (Å²) >= 11 is 0. The minimum atomic E-state index is -7.43. The number of halogens is 9. The topological polar surface area (TPSA) is 165 Å². The van der Waals surface area contributed by atoms with Crippen LogP contribution >= 0.6 is 0 Å². The van der Waals surface area contributed by atoms with Crippen molar-refractivity contribution in [3.8, 4) is 130 Å². The minimum absolute atomic E-state index is 0.131. The molecule has 622 valence electrons. The third kappa shape index (κ3) is 16.5. The fourth-order valence-electron chi connectivity index (χ4n) is 14.9. The number of rotatable bonds is 17. The number of hydrogen-bond donors (Lipinski definition) is 0. The third-order valence-electron chi connectivity index (χ3n) is 22.3. The van der Waals surface area contributed by atoms with Gasteiger partial charge in [0.1, 0.15) is 0 Å². The normalized spacial score (nSPS) is 13.4. The molecule has 1 fully saturated rings. The molecule has 4 aromatic heterocycles. The van der Waals surface area contributed by atoms with Crippen molar-refractivity contribution < 1.29 is 61.4 Å². The van der Waals surface area contributed by atoms with Gasteiger partial charge in [0.05, 0.1) is 22.2 Å². The second-order valence-electron chi connectivity index (χ2n) is 30.8. The zero-order valence-corrected chi connectivity index (χ0v) is 68.5. The second kappa shape index (κ2) is 34.0. The van der Waals surface area contributed by atoms with Crippen LogP contribution in [0.1, 0.15) is 27.7 Å². The average Bonchev–Trinajstić information content (AvgIpc) is 0.842. The van der Waals surface area contributed by atoms with E-state index in [2.05, 4.69) is 215 Å². The van der Waals surface area contributed by atoms with E-state index in [4.69, 9.17) is 24.3 Å². The van der Waals surface area contributed by atoms with Crippen LogP contribution in [-0.2, 0) is 19.4 Å². The van der Waals surface area contributed by atoms with Gasteiger partial charge < -0.3 is 13.5 Å². The summed E-state index contributed by atoms with van der Waals surface area (Å²) in [6.07, 6.45) is -3.51. The minimum Gasteiger partial charge on any atom is -0.399 e. The van der Waals surface area contributed by atoms with Gasteiger partial charge in [-0.3, -0.25) is 9.97 Å². The summed E-state index contributed by atoms with van der Waals surface area (Å²) < 4.78 is 162. The van der Waals surface area contributed by atoms with Gasteiger partial charge in [-0.25, -0.2) is 29.9 Å². The quantitative estimate of drug-likeness (QED) is 0.0481. The lowest BCUT2D eigenvalue weighted by Gasteiger charge is -2.32. The first kappa shape index (κ1) is 83.8. The Balaban J connectivity index is 0.000000141. The molecule has 0 radical (unpaired) electrons. The molecule has 18 aromatic rings. The first-order chi connectivity index (χ1) is 60.6. The summed E-state index contributed by atoms with van der Waals surface area (Å²) in [5.41, 5.74) is 17.4. The van der Waals surface area contributed by atoms with Crippen LogP contribution in [0, 0.1) is 0 Å². The Labute approximate surface area is 719 Å². The van der Waals surface area contributed by atoms with Crippen molar-refractivity contribution in [3.63, 3.8) is 0 Å². The molecule has 0 amide bonds. The number of alkyl halides is 9. The summed E-state index contributed by atoms with van der Waals surface area (Å²) in [4.78, 5) is 37.8. The molecular weight excluding hydrogens is 1630 g/mol. The molecule has 5 heterocycles. The fourth-order valence-corrected chi connectivity index (χ4v) is 15.8. The molecule has 24 heteroatoms. The molecular formula is C102H72BF9N8O5S. The number of benzene rings is 14. The number of pyridine rings is 2. The van der Waals surface area contributed by atoms with Gasteiger partial charge in [-0.05, 0) is 118 Å². The Hall–Kier alpha value is -14.5. The molecule has 14 aromatic carbocycles. The smallest absolute Gasteiger partial charge is 0.399 e. The maximum absolute atomic E-state index is 14.4. The summed E-state index contributed by atoms with van der Waals surface area (Å²) in [5, 5.41) is -2.43. The first-order valence-corrected chi connectivity index (χ1v) is 41.4. The van der Waals surface area contributed by atoms with Crippen molar-refractivity contribution in [3.05, 3.63) is 364 Å². The van der Waals surface area contributed by atoms with E-state index in [0.717, 1.165) is 95.0 Å². The van der Waals surface area contributed by atoms with Crippen molar-refractivity contribution in [2.45, 2.75) is 62.2 Å². The summed E-state index contributed by atoms with van der Waals surface area (Å²) in [7, 11) is -7.48. The molecule has 1 aliphatic heterocycles. The highest BCUT2D eigenvalue weighted by atomic mass is 32.2. The van der Waals surface area contributed by atoms with Gasteiger partial charge in [0.25, 0.3) is 0 Å². The molecule has 0 atom stereocenters. The van der Waals surface area contributed by atoms with Gasteiger partial charge in [0.2, 0.25) is 0 Å². The van der Waals surface area contributed by atoms with Gasteiger partial charge in [-0.2, -0.15) is 47.9 Å². The Kier molecular flexibility index (Phi) is 22.6. The van der Waals surface area contributed by atoms with Gasteiger partial charge in [0, 0.05) is 73.1 Å². The predicted octanol–water partition coefficient (Wildman–Crippen LogP) is 25.6. The zero-order chi connectivity index (χ0) is 87.8. The van der Waals surface area contributed by atoms with Crippen LogP contribution in [0.15, 0.2) is 364 Å². The molecule has 0 saturated carbocycles. The van der Waals surface area contributed by atoms with Crippen LogP contribution in [0.5, 0.6) is 5.75 Å². The third-order valence-corrected chi connectivity index (χ3v) is 23.5. The van der Waals surface area contributed by atoms with Crippen molar-refractivity contribution >= 4 is 66.1 Å². The maximum Gasteiger partial charge on any atom is 0.494 e. The number of aromatic nitrogens is 8. The van der Waals surface area contributed by atoms with Gasteiger partial charge >= 0.3 is 40.5 Å². The predicted molar refractivity (Wildman–Crippen MR) is 478 cm³/mol. The van der Waals surface area contributed by atoms with Gasteiger partial charge in [-0.15, -0.1) is 0 Å². The van der Waals surface area contributed by atoms with E-state index in [0.29, 0.717) is 51.6 Å². The van der Waals surface area contributed by atoms with Crippen molar-refractivity contribution in [2.75, 3.05) is 0 Å². The van der Waals surface area contributed by atoms with E-state index in [1.807, 2.05) is 146 Å². The van der Waals surface area contributed by atoms with Crippen LogP contribution in [0.25, 0.3) is 167 Å². The Bertz CT molecular complexity index is 7020. The monoisotopic (exact) mass is 1700 g/mol. The van der Waals surface area contributed by atoms with Crippen molar-refractivity contribution in [1.82, 2.24) is 39.9 Å². The highest BCUT2D eigenvalue weighted by molar-refractivity contribution is 7.88. The van der Waals surface area contributed by atoms with Crippen LogP contribution in [0.2, 0.25) is 0 Å². The Morgan fingerprint density at radius 3 is 0.905 bits per heavy atom. The fraction of sp³-hybridized carbons (Fsp3) is 0.0980. The maximum atomic E-state index is 14.4. The molecule has 126 heavy (non-hydrogen) atoms. The summed E-state index contributed by atoms with van der Waals surface area (Å²) in [6.45, 7) is 8.29. The van der Waals surface area contributed by atoms with Gasteiger partial charge in [0.15, 0.2) is 40.7 Å². The first-order valence-electron chi connectivity index (χ1n) is 40.0. The highest BCUT2D eigenvalue weighted by Gasteiger charge is 2.86. The average molecular weight is 1700 g/mol. The Morgan fingerprint density at radius 2 is 0.563 bits per heavy atom. The molecule has 19 rings (SSSR count). The molecule has 0 aliphatic carbocycles. The molecule has 13 nitrogen and oxygen atoms in total. The van der Waals surface area contributed by atoms with Crippen molar-refractivity contribution in [1.29, 1.82) is 0 Å². The zero-order valence-electron chi connectivity index (χ0n) is 67.6. The number of nitrogens with zero attached hydrogens (tertiary/aromatic N) is 8. The van der Waals surface area contributed by atoms with Crippen LogP contribution in [-0.4, -0.2) is 89.9 Å². The van der Waals surface area contributed by atoms with Crippen molar-refractivity contribution in [2.24, 2.45) is 0 Å².